The van der Waals surface area contributed by atoms with Crippen LogP contribution in [-0.4, -0.2) is 18.4 Å². The average Bonchev–Trinajstić information content (AvgIpc) is 2.71. The molecule has 1 heterocycles. The van der Waals surface area contributed by atoms with E-state index in [4.69, 9.17) is 0 Å². The summed E-state index contributed by atoms with van der Waals surface area (Å²) < 4.78 is 27.7. The maximum Gasteiger partial charge on any atom is 0.279 e. The summed E-state index contributed by atoms with van der Waals surface area (Å²) in [6.45, 7) is 5.51. The Bertz CT molecular complexity index is 699. The maximum atomic E-state index is 12.2. The number of hydrogen-bond donors (Lipinski definition) is 2. The molecule has 0 fully saturated rings. The molecule has 0 bridgehead atoms. The topological polar surface area (TPSA) is 74.8 Å². The van der Waals surface area contributed by atoms with Crippen molar-refractivity contribution in [3.05, 3.63) is 39.8 Å². The van der Waals surface area contributed by atoms with E-state index in [0.717, 1.165) is 11.1 Å². The average molecular weight is 344 g/mol. The zero-order valence-electron chi connectivity index (χ0n) is 10.8. The fourth-order valence-corrected chi connectivity index (χ4v) is 3.80. The Labute approximate surface area is 120 Å². The Hall–Kier alpha value is -1.34. The Kier molecular flexibility index (Phi) is 3.69. The number of nitrogens with zero attached hydrogens (tertiary/aromatic N) is 1. The quantitative estimate of drug-likeness (QED) is 0.899. The number of rotatable bonds is 3. The molecule has 0 aliphatic heterocycles. The number of anilines is 1. The van der Waals surface area contributed by atoms with E-state index in [2.05, 4.69) is 30.6 Å². The van der Waals surface area contributed by atoms with Gasteiger partial charge in [0.1, 0.15) is 5.82 Å². The van der Waals surface area contributed by atoms with Crippen molar-refractivity contribution in [2.45, 2.75) is 25.8 Å². The van der Waals surface area contributed by atoms with Crippen LogP contribution in [0.5, 0.6) is 0 Å². The van der Waals surface area contributed by atoms with Crippen molar-refractivity contribution in [1.82, 2.24) is 9.97 Å². The predicted molar refractivity (Wildman–Crippen MR) is 77.7 cm³/mol. The molecule has 0 radical (unpaired) electrons. The van der Waals surface area contributed by atoms with E-state index in [1.807, 2.05) is 26.0 Å². The summed E-state index contributed by atoms with van der Waals surface area (Å²) in [5, 5.41) is 0.0527. The lowest BCUT2D eigenvalue weighted by Gasteiger charge is -2.12. The summed E-state index contributed by atoms with van der Waals surface area (Å²) in [5.41, 5.74) is 2.45. The second-order valence-electron chi connectivity index (χ2n) is 4.38. The van der Waals surface area contributed by atoms with Crippen molar-refractivity contribution >= 4 is 31.6 Å². The third-order valence-corrected chi connectivity index (χ3v) is 4.52. The van der Waals surface area contributed by atoms with Crippen LogP contribution in [-0.2, 0) is 10.0 Å². The molecule has 0 aliphatic carbocycles. The molecule has 2 N–H and O–H groups in total. The Morgan fingerprint density at radius 1 is 1.26 bits per heavy atom. The van der Waals surface area contributed by atoms with Gasteiger partial charge in [-0.2, -0.15) is 8.42 Å². The predicted octanol–water partition coefficient (Wildman–Crippen LogP) is 2.90. The van der Waals surface area contributed by atoms with Crippen molar-refractivity contribution in [3.63, 3.8) is 0 Å². The van der Waals surface area contributed by atoms with E-state index < -0.39 is 10.0 Å². The molecule has 1 aromatic heterocycles. The van der Waals surface area contributed by atoms with Crippen molar-refractivity contribution in [2.24, 2.45) is 0 Å². The molecular formula is C12H14BrN3O2S. The summed E-state index contributed by atoms with van der Waals surface area (Å²) in [6.07, 6.45) is 1.30. The third kappa shape index (κ3) is 2.98. The number of aromatic nitrogens is 2. The molecule has 2 aromatic rings. The fraction of sp³-hybridized carbons (Fsp3) is 0.250. The van der Waals surface area contributed by atoms with Crippen LogP contribution in [0.4, 0.5) is 5.69 Å². The highest BCUT2D eigenvalue weighted by Gasteiger charge is 2.19. The molecule has 0 unspecified atom stereocenters. The summed E-state index contributed by atoms with van der Waals surface area (Å²) in [6, 6.07) is 3.78. The molecule has 0 spiro atoms. The van der Waals surface area contributed by atoms with Gasteiger partial charge in [-0.15, -0.1) is 0 Å². The van der Waals surface area contributed by atoms with Gasteiger partial charge in [-0.05, 0) is 53.9 Å². The first-order valence-corrected chi connectivity index (χ1v) is 7.88. The van der Waals surface area contributed by atoms with Gasteiger partial charge in [-0.3, -0.25) is 4.72 Å². The van der Waals surface area contributed by atoms with E-state index in [9.17, 15) is 8.42 Å². The normalized spacial score (nSPS) is 11.6. The number of aryl methyl sites for hydroxylation is 3. The molecule has 0 saturated heterocycles. The molecule has 102 valence electrons. The first kappa shape index (κ1) is 14.1. The van der Waals surface area contributed by atoms with Crippen LogP contribution >= 0.6 is 15.9 Å². The lowest BCUT2D eigenvalue weighted by Crippen LogP contribution is -2.14. The van der Waals surface area contributed by atoms with Crippen molar-refractivity contribution < 1.29 is 8.42 Å². The van der Waals surface area contributed by atoms with Crippen LogP contribution in [0.2, 0.25) is 0 Å². The van der Waals surface area contributed by atoms with E-state index in [1.54, 1.807) is 6.92 Å². The summed E-state index contributed by atoms with van der Waals surface area (Å²) in [4.78, 5) is 6.61. The number of benzene rings is 1. The minimum atomic E-state index is -3.65. The number of hydrogen-bond acceptors (Lipinski definition) is 3. The lowest BCUT2D eigenvalue weighted by atomic mass is 10.1. The first-order valence-electron chi connectivity index (χ1n) is 5.61. The van der Waals surface area contributed by atoms with Gasteiger partial charge < -0.3 is 4.98 Å². The monoisotopic (exact) mass is 343 g/mol. The molecular weight excluding hydrogens is 330 g/mol. The Morgan fingerprint density at radius 3 is 2.47 bits per heavy atom. The second kappa shape index (κ2) is 4.97. The highest BCUT2D eigenvalue weighted by atomic mass is 79.9. The number of imidazole rings is 1. The van der Waals surface area contributed by atoms with Crippen LogP contribution in [0, 0.1) is 20.8 Å². The zero-order chi connectivity index (χ0) is 14.2. The number of nitrogens with one attached hydrogen (secondary N) is 2. The third-order valence-electron chi connectivity index (χ3n) is 2.64. The van der Waals surface area contributed by atoms with E-state index >= 15 is 0 Å². The van der Waals surface area contributed by atoms with Crippen LogP contribution < -0.4 is 4.72 Å². The van der Waals surface area contributed by atoms with Crippen LogP contribution in [0.15, 0.2) is 27.8 Å². The van der Waals surface area contributed by atoms with Gasteiger partial charge in [0, 0.05) is 4.47 Å². The van der Waals surface area contributed by atoms with Gasteiger partial charge in [0.05, 0.1) is 11.9 Å². The van der Waals surface area contributed by atoms with Crippen molar-refractivity contribution in [1.29, 1.82) is 0 Å². The lowest BCUT2D eigenvalue weighted by molar-refractivity contribution is 0.598. The highest BCUT2D eigenvalue weighted by molar-refractivity contribution is 9.10. The Balaban J connectivity index is 2.41. The van der Waals surface area contributed by atoms with Gasteiger partial charge in [-0.1, -0.05) is 6.07 Å². The molecule has 0 atom stereocenters. The molecule has 1 aromatic carbocycles. The highest BCUT2D eigenvalue weighted by Crippen LogP contribution is 2.29. The zero-order valence-corrected chi connectivity index (χ0v) is 13.2. The van der Waals surface area contributed by atoms with Crippen LogP contribution in [0.25, 0.3) is 0 Å². The largest absolute Gasteiger partial charge is 0.332 e. The van der Waals surface area contributed by atoms with Crippen LogP contribution in [0.1, 0.15) is 17.0 Å². The fourth-order valence-electron chi connectivity index (χ4n) is 1.77. The number of sulfonamides is 1. The van der Waals surface area contributed by atoms with E-state index in [1.165, 1.54) is 6.20 Å². The number of halogens is 1. The minimum absolute atomic E-state index is 0.0527. The molecule has 0 amide bonds. The summed E-state index contributed by atoms with van der Waals surface area (Å²) in [7, 11) is -3.65. The molecule has 7 heteroatoms. The molecule has 2 rings (SSSR count). The van der Waals surface area contributed by atoms with Crippen molar-refractivity contribution in [3.8, 4) is 0 Å². The first-order chi connectivity index (χ1) is 8.79. The van der Waals surface area contributed by atoms with Gasteiger partial charge in [0.15, 0.2) is 5.03 Å². The van der Waals surface area contributed by atoms with Gasteiger partial charge >= 0.3 is 0 Å². The Morgan fingerprint density at radius 2 is 1.95 bits per heavy atom. The smallest absolute Gasteiger partial charge is 0.279 e. The number of aromatic amines is 1. The van der Waals surface area contributed by atoms with Crippen molar-refractivity contribution in [2.75, 3.05) is 4.72 Å². The molecule has 5 nitrogen and oxygen atoms in total. The SMILES string of the molecule is Cc1cc(C)c(NS(=O)(=O)c2cnc(C)[nH]2)c(Br)c1. The maximum absolute atomic E-state index is 12.2. The number of H-pyrrole nitrogens is 1. The van der Waals surface area contributed by atoms with Gasteiger partial charge in [-0.25, -0.2) is 4.98 Å². The molecule has 0 aliphatic rings. The van der Waals surface area contributed by atoms with Gasteiger partial charge in [0.2, 0.25) is 0 Å². The summed E-state index contributed by atoms with van der Waals surface area (Å²) in [5.74, 6) is 0.556. The standard InChI is InChI=1S/C12H14BrN3O2S/c1-7-4-8(2)12(10(13)5-7)16-19(17,18)11-6-14-9(3)15-11/h4-6,16H,1-3H3,(H,14,15). The molecule has 0 saturated carbocycles. The second-order valence-corrected chi connectivity index (χ2v) is 6.88. The molecule has 19 heavy (non-hydrogen) atoms. The van der Waals surface area contributed by atoms with Gasteiger partial charge in [0.25, 0.3) is 10.0 Å². The van der Waals surface area contributed by atoms with Crippen LogP contribution in [0.3, 0.4) is 0 Å². The minimum Gasteiger partial charge on any atom is -0.332 e. The van der Waals surface area contributed by atoms with E-state index in [-0.39, 0.29) is 5.03 Å². The van der Waals surface area contributed by atoms with E-state index in [0.29, 0.717) is 16.0 Å². The summed E-state index contributed by atoms with van der Waals surface area (Å²) >= 11 is 3.38.